The first-order chi connectivity index (χ1) is 8.35. The normalized spacial score (nSPS) is 25.5. The second-order valence-electron chi connectivity index (χ2n) is 5.24. The summed E-state index contributed by atoms with van der Waals surface area (Å²) in [6, 6.07) is 9.88. The molecule has 94 valence electrons. The lowest BCUT2D eigenvalue weighted by molar-refractivity contribution is 0.439. The summed E-state index contributed by atoms with van der Waals surface area (Å²) in [6.07, 6.45) is 8.00. The second kappa shape index (κ2) is 6.20. The highest BCUT2D eigenvalue weighted by molar-refractivity contribution is 5.27. The zero-order valence-electron chi connectivity index (χ0n) is 11.2. The summed E-state index contributed by atoms with van der Waals surface area (Å²) in [4.78, 5) is 0. The molecule has 0 bridgehead atoms. The smallest absolute Gasteiger partial charge is 0.0133 e. The zero-order valence-corrected chi connectivity index (χ0v) is 11.2. The van der Waals surface area contributed by atoms with Gasteiger partial charge in [-0.3, -0.25) is 0 Å². The van der Waals surface area contributed by atoms with E-state index in [0.29, 0.717) is 12.0 Å². The zero-order chi connectivity index (χ0) is 12.1. The molecule has 1 aliphatic carbocycles. The van der Waals surface area contributed by atoms with Crippen LogP contribution in [0.25, 0.3) is 0 Å². The lowest BCUT2D eigenvalue weighted by Gasteiger charge is -2.25. The van der Waals surface area contributed by atoms with Crippen LogP contribution in [0.15, 0.2) is 24.3 Å². The van der Waals surface area contributed by atoms with E-state index in [9.17, 15) is 0 Å². The first kappa shape index (κ1) is 12.6. The SMILES string of the molecule is CCc1cccc(C2CCCCCC2NC)c1. The number of nitrogens with one attached hydrogen (secondary N) is 1. The van der Waals surface area contributed by atoms with Crippen molar-refractivity contribution in [3.63, 3.8) is 0 Å². The van der Waals surface area contributed by atoms with Crippen molar-refractivity contribution in [1.82, 2.24) is 5.32 Å². The molecule has 1 heteroatoms. The maximum Gasteiger partial charge on any atom is 0.0133 e. The van der Waals surface area contributed by atoms with Gasteiger partial charge in [0.15, 0.2) is 0 Å². The highest BCUT2D eigenvalue weighted by atomic mass is 14.9. The highest BCUT2D eigenvalue weighted by Crippen LogP contribution is 2.32. The monoisotopic (exact) mass is 231 g/mol. The first-order valence-electron chi connectivity index (χ1n) is 7.11. The van der Waals surface area contributed by atoms with Crippen molar-refractivity contribution in [2.24, 2.45) is 0 Å². The average Bonchev–Trinajstić information content (AvgIpc) is 2.63. The number of hydrogen-bond donors (Lipinski definition) is 1. The van der Waals surface area contributed by atoms with Gasteiger partial charge in [-0.05, 0) is 43.4 Å². The molecule has 2 atom stereocenters. The van der Waals surface area contributed by atoms with Crippen LogP contribution >= 0.6 is 0 Å². The lowest BCUT2D eigenvalue weighted by Crippen LogP contribution is -2.31. The molecule has 0 heterocycles. The van der Waals surface area contributed by atoms with Crippen molar-refractivity contribution >= 4 is 0 Å². The molecule has 1 N–H and O–H groups in total. The Hall–Kier alpha value is -0.820. The molecule has 0 aliphatic heterocycles. The van der Waals surface area contributed by atoms with Gasteiger partial charge in [-0.25, -0.2) is 0 Å². The number of benzene rings is 1. The minimum Gasteiger partial charge on any atom is -0.316 e. The Labute approximate surface area is 106 Å². The van der Waals surface area contributed by atoms with Crippen molar-refractivity contribution in [3.8, 4) is 0 Å². The van der Waals surface area contributed by atoms with Gasteiger partial charge in [0.2, 0.25) is 0 Å². The van der Waals surface area contributed by atoms with Crippen molar-refractivity contribution in [1.29, 1.82) is 0 Å². The Bertz CT molecular complexity index is 345. The molecule has 0 radical (unpaired) electrons. The van der Waals surface area contributed by atoms with E-state index >= 15 is 0 Å². The van der Waals surface area contributed by atoms with Crippen LogP contribution in [-0.4, -0.2) is 13.1 Å². The van der Waals surface area contributed by atoms with Crippen LogP contribution < -0.4 is 5.32 Å². The maximum atomic E-state index is 3.53. The Balaban J connectivity index is 2.21. The standard InChI is InChI=1S/C16H25N/c1-3-13-8-7-9-14(12-13)15-10-5-4-6-11-16(15)17-2/h7-9,12,15-17H,3-6,10-11H2,1-2H3. The molecule has 2 unspecified atom stereocenters. The van der Waals surface area contributed by atoms with Gasteiger partial charge in [-0.15, -0.1) is 0 Å². The molecule has 1 fully saturated rings. The van der Waals surface area contributed by atoms with Gasteiger partial charge in [-0.1, -0.05) is 50.5 Å². The molecule has 1 saturated carbocycles. The fourth-order valence-corrected chi connectivity index (χ4v) is 3.10. The molecule has 1 aliphatic rings. The third-order valence-electron chi connectivity index (χ3n) is 4.17. The minimum atomic E-state index is 0.671. The molecule has 1 nitrogen and oxygen atoms in total. The fourth-order valence-electron chi connectivity index (χ4n) is 3.10. The average molecular weight is 231 g/mol. The van der Waals surface area contributed by atoms with Crippen LogP contribution in [0.1, 0.15) is 56.1 Å². The van der Waals surface area contributed by atoms with Crippen LogP contribution in [0, 0.1) is 0 Å². The molecule has 0 amide bonds. The predicted molar refractivity (Wildman–Crippen MR) is 74.5 cm³/mol. The van der Waals surface area contributed by atoms with Gasteiger partial charge in [0.1, 0.15) is 0 Å². The number of aryl methyl sites for hydroxylation is 1. The number of hydrogen-bond acceptors (Lipinski definition) is 1. The topological polar surface area (TPSA) is 12.0 Å². The summed E-state index contributed by atoms with van der Waals surface area (Å²) < 4.78 is 0. The lowest BCUT2D eigenvalue weighted by atomic mass is 9.86. The fraction of sp³-hybridized carbons (Fsp3) is 0.625. The maximum absolute atomic E-state index is 3.53. The molecule has 1 aromatic rings. The third kappa shape index (κ3) is 3.10. The van der Waals surface area contributed by atoms with E-state index in [1.807, 2.05) is 0 Å². The minimum absolute atomic E-state index is 0.671. The third-order valence-corrected chi connectivity index (χ3v) is 4.17. The molecular formula is C16H25N. The second-order valence-corrected chi connectivity index (χ2v) is 5.24. The van der Waals surface area contributed by atoms with E-state index in [2.05, 4.69) is 43.6 Å². The quantitative estimate of drug-likeness (QED) is 0.778. The van der Waals surface area contributed by atoms with Gasteiger partial charge >= 0.3 is 0 Å². The van der Waals surface area contributed by atoms with Gasteiger partial charge in [-0.2, -0.15) is 0 Å². The van der Waals surface area contributed by atoms with E-state index < -0.39 is 0 Å². The molecular weight excluding hydrogens is 206 g/mol. The van der Waals surface area contributed by atoms with Crippen LogP contribution in [0.2, 0.25) is 0 Å². The molecule has 0 aromatic heterocycles. The van der Waals surface area contributed by atoms with E-state index in [4.69, 9.17) is 0 Å². The molecule has 17 heavy (non-hydrogen) atoms. The highest BCUT2D eigenvalue weighted by Gasteiger charge is 2.23. The summed E-state index contributed by atoms with van der Waals surface area (Å²) in [7, 11) is 2.12. The predicted octanol–water partition coefficient (Wildman–Crippen LogP) is 3.88. The molecule has 0 saturated heterocycles. The Morgan fingerprint density at radius 1 is 1.18 bits per heavy atom. The summed E-state index contributed by atoms with van der Waals surface area (Å²) >= 11 is 0. The van der Waals surface area contributed by atoms with Crippen LogP contribution in [0.3, 0.4) is 0 Å². The summed E-state index contributed by atoms with van der Waals surface area (Å²) in [5.41, 5.74) is 3.02. The van der Waals surface area contributed by atoms with Gasteiger partial charge in [0.25, 0.3) is 0 Å². The molecule has 1 aromatic carbocycles. The summed E-state index contributed by atoms with van der Waals surface area (Å²) in [5, 5.41) is 3.53. The van der Waals surface area contributed by atoms with E-state index in [1.54, 1.807) is 5.56 Å². The Morgan fingerprint density at radius 2 is 2.00 bits per heavy atom. The van der Waals surface area contributed by atoms with Gasteiger partial charge in [0, 0.05) is 6.04 Å². The largest absolute Gasteiger partial charge is 0.316 e. The molecule has 2 rings (SSSR count). The van der Waals surface area contributed by atoms with E-state index in [0.717, 1.165) is 6.42 Å². The van der Waals surface area contributed by atoms with Crippen molar-refractivity contribution in [3.05, 3.63) is 35.4 Å². The number of rotatable bonds is 3. The summed E-state index contributed by atoms with van der Waals surface area (Å²) in [5.74, 6) is 0.717. The van der Waals surface area contributed by atoms with Crippen molar-refractivity contribution < 1.29 is 0 Å². The van der Waals surface area contributed by atoms with Crippen LogP contribution in [-0.2, 0) is 6.42 Å². The van der Waals surface area contributed by atoms with E-state index in [1.165, 1.54) is 37.7 Å². The number of likely N-dealkylation sites (N-methyl/N-ethyl adjacent to an activating group) is 1. The summed E-state index contributed by atoms with van der Waals surface area (Å²) in [6.45, 7) is 2.24. The van der Waals surface area contributed by atoms with Crippen molar-refractivity contribution in [2.45, 2.75) is 57.4 Å². The van der Waals surface area contributed by atoms with Crippen LogP contribution in [0.4, 0.5) is 0 Å². The van der Waals surface area contributed by atoms with Crippen molar-refractivity contribution in [2.75, 3.05) is 7.05 Å². The Kier molecular flexibility index (Phi) is 4.61. The van der Waals surface area contributed by atoms with Crippen LogP contribution in [0.5, 0.6) is 0 Å². The van der Waals surface area contributed by atoms with E-state index in [-0.39, 0.29) is 0 Å². The van der Waals surface area contributed by atoms with Gasteiger partial charge in [0.05, 0.1) is 0 Å². The Morgan fingerprint density at radius 3 is 2.76 bits per heavy atom. The first-order valence-corrected chi connectivity index (χ1v) is 7.11. The van der Waals surface area contributed by atoms with Gasteiger partial charge < -0.3 is 5.32 Å². The molecule has 0 spiro atoms.